The van der Waals surface area contributed by atoms with Crippen LogP contribution in [0.5, 0.6) is 0 Å². The maximum atomic E-state index is 9.05. The first-order chi connectivity index (χ1) is 8.13. The van der Waals surface area contributed by atoms with E-state index in [1.807, 2.05) is 18.5 Å². The van der Waals surface area contributed by atoms with Crippen LogP contribution in [0.4, 0.5) is 5.82 Å². The number of nitriles is 1. The lowest BCUT2D eigenvalue weighted by Crippen LogP contribution is -2.09. The Morgan fingerprint density at radius 3 is 2.82 bits per heavy atom. The van der Waals surface area contributed by atoms with E-state index < -0.39 is 0 Å². The third kappa shape index (κ3) is 1.97. The highest BCUT2D eigenvalue weighted by Crippen LogP contribution is 2.17. The Morgan fingerprint density at radius 1 is 1.47 bits per heavy atom. The first kappa shape index (κ1) is 11.1. The summed E-state index contributed by atoms with van der Waals surface area (Å²) in [6, 6.07) is 2.14. The zero-order valence-corrected chi connectivity index (χ0v) is 9.97. The van der Waals surface area contributed by atoms with E-state index in [2.05, 4.69) is 26.7 Å². The van der Waals surface area contributed by atoms with Crippen molar-refractivity contribution in [3.8, 4) is 6.07 Å². The molecule has 1 N–H and O–H groups in total. The average Bonchev–Trinajstić information content (AvgIpc) is 2.80. The first-order valence-corrected chi connectivity index (χ1v) is 5.14. The Bertz CT molecular complexity index is 572. The lowest BCUT2D eigenvalue weighted by atomic mass is 10.2. The van der Waals surface area contributed by atoms with Crippen LogP contribution in [-0.4, -0.2) is 24.5 Å². The second-order valence-corrected chi connectivity index (χ2v) is 3.76. The fourth-order valence-corrected chi connectivity index (χ4v) is 1.62. The van der Waals surface area contributed by atoms with Gasteiger partial charge in [-0.2, -0.15) is 10.4 Å². The molecule has 17 heavy (non-hydrogen) atoms. The molecule has 0 saturated heterocycles. The van der Waals surface area contributed by atoms with Crippen molar-refractivity contribution in [2.24, 2.45) is 14.1 Å². The molecule has 7 heteroatoms. The van der Waals surface area contributed by atoms with Gasteiger partial charge >= 0.3 is 0 Å². The van der Waals surface area contributed by atoms with Crippen molar-refractivity contribution in [1.82, 2.24) is 24.5 Å². The fourth-order valence-electron chi connectivity index (χ4n) is 1.62. The quantitative estimate of drug-likeness (QED) is 0.823. The summed E-state index contributed by atoms with van der Waals surface area (Å²) in [5.41, 5.74) is 1.28. The molecule has 0 aliphatic rings. The van der Waals surface area contributed by atoms with Gasteiger partial charge in [0.2, 0.25) is 0 Å². The minimum atomic E-state index is 0.504. The maximum Gasteiger partial charge on any atom is 0.151 e. The van der Waals surface area contributed by atoms with Gasteiger partial charge in [-0.15, -0.1) is 10.2 Å². The molecule has 0 aromatic carbocycles. The van der Waals surface area contributed by atoms with Crippen LogP contribution in [0.25, 0.3) is 0 Å². The highest BCUT2D eigenvalue weighted by Gasteiger charge is 2.12. The van der Waals surface area contributed by atoms with Crippen molar-refractivity contribution in [3.63, 3.8) is 0 Å². The van der Waals surface area contributed by atoms with Gasteiger partial charge in [-0.3, -0.25) is 4.68 Å². The standard InChI is InChI=1S/C10H13N7/c1-7-8(4-11)10(17(3)15-7)12-5-9-14-13-6-16(9)2/h6,12H,5H2,1-3H3. The predicted molar refractivity (Wildman–Crippen MR) is 61.0 cm³/mol. The number of hydrogen-bond acceptors (Lipinski definition) is 5. The van der Waals surface area contributed by atoms with Gasteiger partial charge in [0, 0.05) is 14.1 Å². The SMILES string of the molecule is Cc1nn(C)c(NCc2nncn2C)c1C#N. The van der Waals surface area contributed by atoms with Gasteiger partial charge < -0.3 is 9.88 Å². The van der Waals surface area contributed by atoms with Crippen LogP contribution in [0.15, 0.2) is 6.33 Å². The number of rotatable bonds is 3. The zero-order chi connectivity index (χ0) is 12.4. The van der Waals surface area contributed by atoms with E-state index in [-0.39, 0.29) is 0 Å². The van der Waals surface area contributed by atoms with E-state index >= 15 is 0 Å². The van der Waals surface area contributed by atoms with Gasteiger partial charge in [0.15, 0.2) is 5.82 Å². The van der Waals surface area contributed by atoms with Crippen molar-refractivity contribution < 1.29 is 0 Å². The highest BCUT2D eigenvalue weighted by atomic mass is 15.3. The third-order valence-electron chi connectivity index (χ3n) is 2.55. The smallest absolute Gasteiger partial charge is 0.151 e. The van der Waals surface area contributed by atoms with Gasteiger partial charge in [-0.1, -0.05) is 0 Å². The van der Waals surface area contributed by atoms with Crippen LogP contribution in [0, 0.1) is 18.3 Å². The van der Waals surface area contributed by atoms with Crippen LogP contribution < -0.4 is 5.32 Å². The molecule has 7 nitrogen and oxygen atoms in total. The molecule has 0 amide bonds. The van der Waals surface area contributed by atoms with Crippen molar-refractivity contribution in [1.29, 1.82) is 5.26 Å². The minimum Gasteiger partial charge on any atom is -0.362 e. The summed E-state index contributed by atoms with van der Waals surface area (Å²) in [6.07, 6.45) is 1.64. The topological polar surface area (TPSA) is 84.3 Å². The lowest BCUT2D eigenvalue weighted by molar-refractivity contribution is 0.747. The number of nitrogens with one attached hydrogen (secondary N) is 1. The second-order valence-electron chi connectivity index (χ2n) is 3.76. The summed E-state index contributed by atoms with van der Waals surface area (Å²) in [4.78, 5) is 0. The molecule has 0 atom stereocenters. The van der Waals surface area contributed by atoms with Crippen molar-refractivity contribution in [3.05, 3.63) is 23.4 Å². The number of nitrogens with zero attached hydrogens (tertiary/aromatic N) is 6. The Labute approximate surface area is 98.7 Å². The number of aromatic nitrogens is 5. The highest BCUT2D eigenvalue weighted by molar-refractivity contribution is 5.54. The summed E-state index contributed by atoms with van der Waals surface area (Å²) in [6.45, 7) is 2.32. The third-order valence-corrected chi connectivity index (χ3v) is 2.55. The minimum absolute atomic E-state index is 0.504. The largest absolute Gasteiger partial charge is 0.362 e. The monoisotopic (exact) mass is 231 g/mol. The number of hydrogen-bond donors (Lipinski definition) is 1. The lowest BCUT2D eigenvalue weighted by Gasteiger charge is -2.06. The van der Waals surface area contributed by atoms with Crippen molar-refractivity contribution in [2.75, 3.05) is 5.32 Å². The molecular formula is C10H13N7. The Balaban J connectivity index is 2.20. The molecule has 0 aliphatic carbocycles. The van der Waals surface area contributed by atoms with Crippen LogP contribution in [-0.2, 0) is 20.6 Å². The van der Waals surface area contributed by atoms with Crippen molar-refractivity contribution in [2.45, 2.75) is 13.5 Å². The molecule has 0 bridgehead atoms. The van der Waals surface area contributed by atoms with E-state index in [0.717, 1.165) is 11.5 Å². The molecule has 2 rings (SSSR count). The van der Waals surface area contributed by atoms with Crippen molar-refractivity contribution >= 4 is 5.82 Å². The number of aryl methyl sites for hydroxylation is 3. The molecule has 88 valence electrons. The Kier molecular flexibility index (Phi) is 2.78. The molecule has 0 saturated carbocycles. The van der Waals surface area contributed by atoms with Gasteiger partial charge in [0.05, 0.1) is 12.2 Å². The van der Waals surface area contributed by atoms with E-state index in [1.54, 1.807) is 18.1 Å². The summed E-state index contributed by atoms with van der Waals surface area (Å²) in [5.74, 6) is 1.50. The molecular weight excluding hydrogens is 218 g/mol. The first-order valence-electron chi connectivity index (χ1n) is 5.14. The van der Waals surface area contributed by atoms with E-state index in [0.29, 0.717) is 17.9 Å². The normalized spacial score (nSPS) is 10.2. The van der Waals surface area contributed by atoms with E-state index in [1.165, 1.54) is 0 Å². The van der Waals surface area contributed by atoms with Crippen LogP contribution in [0.3, 0.4) is 0 Å². The molecule has 0 fully saturated rings. The summed E-state index contributed by atoms with van der Waals surface area (Å²) in [5, 5.41) is 24.1. The van der Waals surface area contributed by atoms with Gasteiger partial charge in [-0.25, -0.2) is 0 Å². The molecule has 0 unspecified atom stereocenters. The molecule has 2 heterocycles. The second kappa shape index (κ2) is 4.25. The summed E-state index contributed by atoms with van der Waals surface area (Å²) >= 11 is 0. The van der Waals surface area contributed by atoms with Gasteiger partial charge in [0.1, 0.15) is 23.8 Å². The predicted octanol–water partition coefficient (Wildman–Crippen LogP) is 0.341. The molecule has 0 radical (unpaired) electrons. The van der Waals surface area contributed by atoms with Gasteiger partial charge in [-0.05, 0) is 6.92 Å². The Morgan fingerprint density at radius 2 is 2.24 bits per heavy atom. The molecule has 0 aliphatic heterocycles. The Hall–Kier alpha value is -2.36. The van der Waals surface area contributed by atoms with Gasteiger partial charge in [0.25, 0.3) is 0 Å². The summed E-state index contributed by atoms with van der Waals surface area (Å²) < 4.78 is 3.48. The van der Waals surface area contributed by atoms with E-state index in [4.69, 9.17) is 5.26 Å². The zero-order valence-electron chi connectivity index (χ0n) is 9.97. The van der Waals surface area contributed by atoms with Crippen LogP contribution in [0.1, 0.15) is 17.1 Å². The maximum absolute atomic E-state index is 9.05. The summed E-state index contributed by atoms with van der Waals surface area (Å²) in [7, 11) is 3.67. The number of anilines is 1. The molecule has 2 aromatic heterocycles. The van der Waals surface area contributed by atoms with Crippen LogP contribution in [0.2, 0.25) is 0 Å². The molecule has 0 spiro atoms. The van der Waals surface area contributed by atoms with E-state index in [9.17, 15) is 0 Å². The fraction of sp³-hybridized carbons (Fsp3) is 0.400. The molecule has 2 aromatic rings. The van der Waals surface area contributed by atoms with Crippen LogP contribution >= 0.6 is 0 Å². The average molecular weight is 231 g/mol.